The molecule has 6 nitrogen and oxygen atoms in total. The van der Waals surface area contributed by atoms with Crippen LogP contribution in [0.15, 0.2) is 93.2 Å². The molecular formula is C23H19FN2O4S. The Kier molecular flexibility index (Phi) is 5.73. The van der Waals surface area contributed by atoms with Gasteiger partial charge in [0.1, 0.15) is 11.6 Å². The van der Waals surface area contributed by atoms with Gasteiger partial charge in [0.15, 0.2) is 0 Å². The van der Waals surface area contributed by atoms with Crippen molar-refractivity contribution in [3.8, 4) is 17.2 Å². The zero-order chi connectivity index (χ0) is 21.8. The zero-order valence-corrected chi connectivity index (χ0v) is 17.4. The van der Waals surface area contributed by atoms with Crippen LogP contribution in [0.4, 0.5) is 10.3 Å². The minimum atomic E-state index is -3.99. The van der Waals surface area contributed by atoms with E-state index in [0.29, 0.717) is 17.9 Å². The van der Waals surface area contributed by atoms with Crippen molar-refractivity contribution in [1.82, 2.24) is 4.98 Å². The molecule has 158 valence electrons. The predicted octanol–water partition coefficient (Wildman–Crippen LogP) is 4.93. The number of sulfone groups is 1. The highest BCUT2D eigenvalue weighted by Crippen LogP contribution is 2.33. The average Bonchev–Trinajstić information content (AvgIpc) is 3.24. The lowest BCUT2D eigenvalue weighted by Gasteiger charge is -2.07. The summed E-state index contributed by atoms with van der Waals surface area (Å²) in [5, 5.41) is 2.78. The second kappa shape index (κ2) is 8.61. The summed E-state index contributed by atoms with van der Waals surface area (Å²) < 4.78 is 50.8. The molecule has 0 spiro atoms. The van der Waals surface area contributed by atoms with Gasteiger partial charge in [0.25, 0.3) is 0 Å². The maximum absolute atomic E-state index is 13.3. The fourth-order valence-corrected chi connectivity index (χ4v) is 4.24. The van der Waals surface area contributed by atoms with E-state index in [-0.39, 0.29) is 21.7 Å². The first kappa shape index (κ1) is 20.6. The second-order valence-corrected chi connectivity index (χ2v) is 8.54. The zero-order valence-electron chi connectivity index (χ0n) is 16.6. The summed E-state index contributed by atoms with van der Waals surface area (Å²) in [5.74, 6) is 0.207. The average molecular weight is 438 g/mol. The van der Waals surface area contributed by atoms with Gasteiger partial charge in [-0.2, -0.15) is 4.98 Å². The number of benzene rings is 3. The molecule has 0 bridgehead atoms. The van der Waals surface area contributed by atoms with Crippen LogP contribution in [0.25, 0.3) is 11.5 Å². The lowest BCUT2D eigenvalue weighted by atomic mass is 10.2. The fraction of sp³-hybridized carbons (Fsp3) is 0.0870. The summed E-state index contributed by atoms with van der Waals surface area (Å²) >= 11 is 0. The lowest BCUT2D eigenvalue weighted by molar-refractivity contribution is 0.414. The summed E-state index contributed by atoms with van der Waals surface area (Å²) in [7, 11) is -2.49. The predicted molar refractivity (Wildman–Crippen MR) is 114 cm³/mol. The molecular weight excluding hydrogens is 419 g/mol. The van der Waals surface area contributed by atoms with Crippen molar-refractivity contribution in [3.63, 3.8) is 0 Å². The molecule has 0 amide bonds. The highest BCUT2D eigenvalue weighted by molar-refractivity contribution is 7.91. The second-order valence-electron chi connectivity index (χ2n) is 6.68. The molecule has 0 saturated carbocycles. The number of ether oxygens (including phenoxy) is 1. The Labute approximate surface area is 179 Å². The number of nitrogens with one attached hydrogen (secondary N) is 1. The molecule has 0 atom stereocenters. The number of anilines is 1. The van der Waals surface area contributed by atoms with Crippen molar-refractivity contribution in [2.75, 3.05) is 12.4 Å². The van der Waals surface area contributed by atoms with Crippen LogP contribution in [0.2, 0.25) is 0 Å². The summed E-state index contributed by atoms with van der Waals surface area (Å²) in [5.41, 5.74) is 1.40. The molecule has 0 radical (unpaired) electrons. The number of methoxy groups -OCH3 is 1. The minimum absolute atomic E-state index is 0.0130. The number of hydrogen-bond acceptors (Lipinski definition) is 6. The molecule has 8 heteroatoms. The molecule has 0 unspecified atom stereocenters. The number of halogens is 1. The van der Waals surface area contributed by atoms with E-state index < -0.39 is 15.7 Å². The third kappa shape index (κ3) is 4.44. The van der Waals surface area contributed by atoms with Crippen LogP contribution in [0.5, 0.6) is 5.75 Å². The number of hydrogen-bond donors (Lipinski definition) is 1. The molecule has 1 heterocycles. The third-order valence-electron chi connectivity index (χ3n) is 4.61. The van der Waals surface area contributed by atoms with Crippen molar-refractivity contribution in [3.05, 3.63) is 90.2 Å². The van der Waals surface area contributed by atoms with E-state index >= 15 is 0 Å². The molecule has 0 aliphatic rings. The molecule has 1 N–H and O–H groups in total. The van der Waals surface area contributed by atoms with Crippen LogP contribution in [0.3, 0.4) is 0 Å². The van der Waals surface area contributed by atoms with Crippen LogP contribution in [0.1, 0.15) is 5.56 Å². The standard InChI is InChI=1S/C23H19FN2O4S/c1-29-19-11-13-20(14-12-19)31(27,28)23-22(25-15-16-5-3-2-4-6-16)30-21(26-23)17-7-9-18(24)10-8-17/h2-14,25H,15H2,1H3. The van der Waals surface area contributed by atoms with Gasteiger partial charge in [-0.25, -0.2) is 12.8 Å². The number of nitrogens with zero attached hydrogens (tertiary/aromatic N) is 1. The Morgan fingerprint density at radius 1 is 0.968 bits per heavy atom. The van der Waals surface area contributed by atoms with Crippen molar-refractivity contribution in [2.24, 2.45) is 0 Å². The van der Waals surface area contributed by atoms with Gasteiger partial charge in [-0.1, -0.05) is 30.3 Å². The summed E-state index contributed by atoms with van der Waals surface area (Å²) in [4.78, 5) is 4.29. The van der Waals surface area contributed by atoms with E-state index in [1.54, 1.807) is 12.1 Å². The molecule has 0 saturated heterocycles. The van der Waals surface area contributed by atoms with Gasteiger partial charge in [-0.05, 0) is 54.1 Å². The summed E-state index contributed by atoms with van der Waals surface area (Å²) in [6.45, 7) is 0.337. The Balaban J connectivity index is 1.75. The maximum atomic E-state index is 13.3. The van der Waals surface area contributed by atoms with E-state index in [9.17, 15) is 12.8 Å². The Hall–Kier alpha value is -3.65. The van der Waals surface area contributed by atoms with E-state index in [0.717, 1.165) is 5.56 Å². The van der Waals surface area contributed by atoms with Crippen LogP contribution in [-0.2, 0) is 16.4 Å². The molecule has 0 aliphatic carbocycles. The van der Waals surface area contributed by atoms with Crippen LogP contribution in [-0.4, -0.2) is 20.5 Å². The van der Waals surface area contributed by atoms with Crippen LogP contribution in [0, 0.1) is 5.82 Å². The highest BCUT2D eigenvalue weighted by Gasteiger charge is 2.28. The SMILES string of the molecule is COc1ccc(S(=O)(=O)c2nc(-c3ccc(F)cc3)oc2NCc2ccccc2)cc1. The topological polar surface area (TPSA) is 81.4 Å². The Morgan fingerprint density at radius 2 is 1.65 bits per heavy atom. The third-order valence-corrected chi connectivity index (χ3v) is 6.29. The lowest BCUT2D eigenvalue weighted by Crippen LogP contribution is -2.07. The van der Waals surface area contributed by atoms with E-state index in [1.807, 2.05) is 30.3 Å². The van der Waals surface area contributed by atoms with Crippen molar-refractivity contribution in [1.29, 1.82) is 0 Å². The van der Waals surface area contributed by atoms with Crippen LogP contribution < -0.4 is 10.1 Å². The van der Waals surface area contributed by atoms with E-state index in [2.05, 4.69) is 10.3 Å². The quantitative estimate of drug-likeness (QED) is 0.440. The maximum Gasteiger partial charge on any atom is 0.234 e. The van der Waals surface area contributed by atoms with Crippen molar-refractivity contribution < 1.29 is 22.0 Å². The van der Waals surface area contributed by atoms with Crippen LogP contribution >= 0.6 is 0 Å². The molecule has 1 aromatic heterocycles. The van der Waals surface area contributed by atoms with Gasteiger partial charge in [0.2, 0.25) is 26.6 Å². The number of rotatable bonds is 7. The normalized spacial score (nSPS) is 11.3. The van der Waals surface area contributed by atoms with Gasteiger partial charge in [-0.3, -0.25) is 0 Å². The molecule has 4 rings (SSSR count). The number of oxazole rings is 1. The van der Waals surface area contributed by atoms with Gasteiger partial charge in [0, 0.05) is 12.1 Å². The monoisotopic (exact) mass is 438 g/mol. The smallest absolute Gasteiger partial charge is 0.234 e. The molecule has 3 aromatic carbocycles. The number of aromatic nitrogens is 1. The van der Waals surface area contributed by atoms with Crippen molar-refractivity contribution >= 4 is 15.7 Å². The van der Waals surface area contributed by atoms with E-state index in [4.69, 9.17) is 9.15 Å². The largest absolute Gasteiger partial charge is 0.497 e. The van der Waals surface area contributed by atoms with Gasteiger partial charge in [0.05, 0.1) is 12.0 Å². The van der Waals surface area contributed by atoms with Gasteiger partial charge < -0.3 is 14.5 Å². The van der Waals surface area contributed by atoms with Gasteiger partial charge >= 0.3 is 0 Å². The molecule has 0 aliphatic heterocycles. The fourth-order valence-electron chi connectivity index (χ4n) is 2.96. The van der Waals surface area contributed by atoms with E-state index in [1.165, 1.54) is 43.5 Å². The first-order chi connectivity index (χ1) is 15.0. The first-order valence-corrected chi connectivity index (χ1v) is 10.9. The molecule has 0 fully saturated rings. The van der Waals surface area contributed by atoms with Gasteiger partial charge in [-0.15, -0.1) is 0 Å². The Morgan fingerprint density at radius 3 is 2.29 bits per heavy atom. The first-order valence-electron chi connectivity index (χ1n) is 9.41. The van der Waals surface area contributed by atoms with Crippen molar-refractivity contribution in [2.45, 2.75) is 16.5 Å². The molecule has 4 aromatic rings. The Bertz CT molecular complexity index is 1270. The highest BCUT2D eigenvalue weighted by atomic mass is 32.2. The summed E-state index contributed by atoms with van der Waals surface area (Å²) in [6, 6.07) is 21.0. The minimum Gasteiger partial charge on any atom is -0.497 e. The summed E-state index contributed by atoms with van der Waals surface area (Å²) in [6.07, 6.45) is 0. The molecule has 31 heavy (non-hydrogen) atoms.